The number of likely N-dealkylation sites (N-methyl/N-ethyl adjacent to an activating group) is 1. The summed E-state index contributed by atoms with van der Waals surface area (Å²) in [5.41, 5.74) is 5.39. The van der Waals surface area contributed by atoms with Gasteiger partial charge in [-0.1, -0.05) is 11.1 Å². The van der Waals surface area contributed by atoms with Gasteiger partial charge in [0.1, 0.15) is 18.1 Å². The van der Waals surface area contributed by atoms with Gasteiger partial charge in [0.05, 0.1) is 19.9 Å². The molecule has 1 N–H and O–H groups in total. The van der Waals surface area contributed by atoms with Crippen molar-refractivity contribution in [3.8, 4) is 40.8 Å². The first-order valence-electron chi connectivity index (χ1n) is 10.4. The monoisotopic (exact) mass is 433 g/mol. The average Bonchev–Trinajstić information content (AvgIpc) is 3.30. The Hall–Kier alpha value is -3.63. The van der Waals surface area contributed by atoms with E-state index in [9.17, 15) is 0 Å². The number of ether oxygens (including phenoxy) is 3. The molecule has 0 fully saturated rings. The van der Waals surface area contributed by atoms with Crippen molar-refractivity contribution in [2.75, 3.05) is 41.5 Å². The highest BCUT2D eigenvalue weighted by atomic mass is 16.6. The van der Waals surface area contributed by atoms with E-state index in [1.165, 1.54) is 0 Å². The molecule has 7 nitrogen and oxygen atoms in total. The maximum absolute atomic E-state index is 5.96. The number of nitrogens with one attached hydrogen (secondary N) is 1. The zero-order valence-corrected chi connectivity index (χ0v) is 19.0. The van der Waals surface area contributed by atoms with Gasteiger partial charge < -0.3 is 28.9 Å². The van der Waals surface area contributed by atoms with Gasteiger partial charge in [0.2, 0.25) is 0 Å². The number of benzene rings is 2. The fourth-order valence-corrected chi connectivity index (χ4v) is 3.73. The second kappa shape index (κ2) is 8.85. The number of hydrogen-bond donors (Lipinski definition) is 1. The fraction of sp³-hybridized carbons (Fsp3) is 0.320. The van der Waals surface area contributed by atoms with Crippen molar-refractivity contribution < 1.29 is 19.0 Å². The minimum atomic E-state index is -0.453. The third-order valence-electron chi connectivity index (χ3n) is 5.40. The molecular formula is C25H27N3O4. The molecule has 1 atom stereocenters. The van der Waals surface area contributed by atoms with Crippen LogP contribution in [-0.4, -0.2) is 63.2 Å². The quantitative estimate of drug-likeness (QED) is 0.337. The lowest BCUT2D eigenvalue weighted by Gasteiger charge is -2.12. The zero-order valence-electron chi connectivity index (χ0n) is 19.0. The Morgan fingerprint density at radius 1 is 1.09 bits per heavy atom. The van der Waals surface area contributed by atoms with Crippen LogP contribution in [0, 0.1) is 12.3 Å². The van der Waals surface area contributed by atoms with Crippen molar-refractivity contribution in [2.45, 2.75) is 13.0 Å². The summed E-state index contributed by atoms with van der Waals surface area (Å²) in [5, 5.41) is 5.45. The van der Waals surface area contributed by atoms with E-state index in [1.807, 2.05) is 44.4 Å². The molecule has 0 saturated carbocycles. The molecule has 0 spiro atoms. The normalized spacial score (nSPS) is 14.2. The maximum atomic E-state index is 5.96. The van der Waals surface area contributed by atoms with Gasteiger partial charge in [-0.05, 0) is 51.4 Å². The van der Waals surface area contributed by atoms with Gasteiger partial charge in [-0.3, -0.25) is 0 Å². The lowest BCUT2D eigenvalue weighted by molar-refractivity contribution is 0.113. The van der Waals surface area contributed by atoms with Gasteiger partial charge in [0.15, 0.2) is 17.6 Å². The minimum absolute atomic E-state index is 0.453. The highest BCUT2D eigenvalue weighted by molar-refractivity contribution is 6.30. The van der Waals surface area contributed by atoms with Crippen molar-refractivity contribution in [2.24, 2.45) is 5.16 Å². The molecule has 1 aliphatic carbocycles. The Kier molecular flexibility index (Phi) is 5.97. The van der Waals surface area contributed by atoms with Gasteiger partial charge in [0.25, 0.3) is 0 Å². The van der Waals surface area contributed by atoms with Crippen molar-refractivity contribution >= 4 is 16.6 Å². The second-order valence-electron chi connectivity index (χ2n) is 7.84. The molecule has 0 saturated heterocycles. The van der Waals surface area contributed by atoms with Crippen molar-refractivity contribution in [3.63, 3.8) is 0 Å². The minimum Gasteiger partial charge on any atom is -0.493 e. The van der Waals surface area contributed by atoms with Crippen molar-refractivity contribution in [1.82, 2.24) is 9.88 Å². The van der Waals surface area contributed by atoms with E-state index in [-0.39, 0.29) is 0 Å². The van der Waals surface area contributed by atoms with Crippen LogP contribution in [0.15, 0.2) is 35.5 Å². The second-order valence-corrected chi connectivity index (χ2v) is 7.84. The summed E-state index contributed by atoms with van der Waals surface area (Å²) in [6.07, 6.45) is 5.03. The number of aromatic nitrogens is 1. The van der Waals surface area contributed by atoms with Crippen molar-refractivity contribution in [3.05, 3.63) is 41.5 Å². The Balaban J connectivity index is 1.85. The number of fused-ring (bicyclic) bond motifs is 5. The molecule has 32 heavy (non-hydrogen) atoms. The first kappa shape index (κ1) is 21.6. The zero-order chi connectivity index (χ0) is 22.8. The number of hydrogen-bond acceptors (Lipinski definition) is 6. The van der Waals surface area contributed by atoms with Crippen LogP contribution < -0.4 is 14.2 Å². The highest BCUT2D eigenvalue weighted by Crippen LogP contribution is 2.46. The van der Waals surface area contributed by atoms with E-state index in [2.05, 4.69) is 21.0 Å². The third kappa shape index (κ3) is 3.85. The van der Waals surface area contributed by atoms with Crippen LogP contribution in [0.3, 0.4) is 0 Å². The van der Waals surface area contributed by atoms with Crippen LogP contribution in [-0.2, 0) is 4.84 Å². The molecule has 0 amide bonds. The van der Waals surface area contributed by atoms with E-state index >= 15 is 0 Å². The van der Waals surface area contributed by atoms with E-state index in [0.29, 0.717) is 23.8 Å². The van der Waals surface area contributed by atoms with E-state index < -0.39 is 6.10 Å². The molecule has 0 unspecified atom stereocenters. The lowest BCUT2D eigenvalue weighted by atomic mass is 10.1. The molecule has 1 aromatic heterocycles. The lowest BCUT2D eigenvalue weighted by Crippen LogP contribution is -2.19. The molecule has 3 aromatic rings. The Morgan fingerprint density at radius 2 is 1.81 bits per heavy atom. The highest BCUT2D eigenvalue weighted by Gasteiger charge is 2.32. The Bertz CT molecular complexity index is 1220. The predicted molar refractivity (Wildman–Crippen MR) is 126 cm³/mol. The number of oxime groups is 1. The third-order valence-corrected chi connectivity index (χ3v) is 5.40. The van der Waals surface area contributed by atoms with Gasteiger partial charge in [0, 0.05) is 34.1 Å². The van der Waals surface area contributed by atoms with Crippen molar-refractivity contribution in [1.29, 1.82) is 0 Å². The molecule has 0 bridgehead atoms. The number of rotatable bonds is 8. The molecule has 1 heterocycles. The van der Waals surface area contributed by atoms with Crippen LogP contribution in [0.1, 0.15) is 18.1 Å². The summed E-state index contributed by atoms with van der Waals surface area (Å²) in [7, 11) is 7.27. The van der Waals surface area contributed by atoms with Crippen LogP contribution in [0.4, 0.5) is 0 Å². The molecule has 7 heteroatoms. The molecule has 1 aliphatic rings. The summed E-state index contributed by atoms with van der Waals surface area (Å²) >= 11 is 0. The number of nitrogens with zero attached hydrogens (tertiary/aromatic N) is 2. The summed E-state index contributed by atoms with van der Waals surface area (Å²) in [5.74, 6) is 4.60. The van der Waals surface area contributed by atoms with E-state index in [4.69, 9.17) is 25.5 Å². The molecular weight excluding hydrogens is 406 g/mol. The first-order valence-corrected chi connectivity index (χ1v) is 10.4. The number of aromatic amines is 1. The summed E-state index contributed by atoms with van der Waals surface area (Å²) < 4.78 is 17.0. The maximum Gasteiger partial charge on any atom is 0.184 e. The summed E-state index contributed by atoms with van der Waals surface area (Å²) in [4.78, 5) is 11.2. The van der Waals surface area contributed by atoms with Crippen LogP contribution >= 0.6 is 0 Å². The topological polar surface area (TPSA) is 68.3 Å². The summed E-state index contributed by atoms with van der Waals surface area (Å²) in [6, 6.07) is 9.87. The predicted octanol–water partition coefficient (Wildman–Crippen LogP) is 3.90. The van der Waals surface area contributed by atoms with Crippen LogP contribution in [0.25, 0.3) is 22.2 Å². The fourth-order valence-electron chi connectivity index (χ4n) is 3.73. The number of terminal acetylenes is 1. The van der Waals surface area contributed by atoms with Crippen LogP contribution in [0.2, 0.25) is 0 Å². The number of H-pyrrole nitrogens is 1. The molecule has 2 aromatic carbocycles. The van der Waals surface area contributed by atoms with Gasteiger partial charge in [-0.15, -0.1) is 6.42 Å². The van der Waals surface area contributed by atoms with Gasteiger partial charge in [-0.25, -0.2) is 0 Å². The van der Waals surface area contributed by atoms with Gasteiger partial charge >= 0.3 is 0 Å². The molecule has 0 radical (unpaired) electrons. The molecule has 4 rings (SSSR count). The van der Waals surface area contributed by atoms with Gasteiger partial charge in [-0.2, -0.15) is 0 Å². The Labute approximate surface area is 187 Å². The number of methoxy groups -OCH3 is 2. The average molecular weight is 434 g/mol. The van der Waals surface area contributed by atoms with E-state index in [1.54, 1.807) is 21.1 Å². The summed E-state index contributed by atoms with van der Waals surface area (Å²) in [6.45, 7) is 3.21. The first-order chi connectivity index (χ1) is 15.5. The Morgan fingerprint density at radius 3 is 2.47 bits per heavy atom. The standard InChI is InChI=1S/C25H27N3O4/c1-7-15(2)32-27-25-18-14-22(30-6)21(29-5)13-17(18)24-23(25)19-12-16(8-9-20(19)26-24)31-11-10-28(3)4/h1,8-9,12-15,26H,10-11H2,2-6H3/t15-/m0/s1. The molecule has 166 valence electrons. The SMILES string of the molecule is C#C[C@H](C)ON=C1c2cc(OC)c(OC)cc2-c2[nH]c3ccc(OCCN(C)C)cc3c21. The largest absolute Gasteiger partial charge is 0.493 e. The van der Waals surface area contributed by atoms with Crippen LogP contribution in [0.5, 0.6) is 17.2 Å². The smallest absolute Gasteiger partial charge is 0.184 e. The van der Waals surface area contributed by atoms with E-state index in [0.717, 1.165) is 45.6 Å². The molecule has 0 aliphatic heterocycles.